The van der Waals surface area contributed by atoms with E-state index >= 15 is 0 Å². The van der Waals surface area contributed by atoms with Crippen molar-refractivity contribution in [3.8, 4) is 0 Å². The summed E-state index contributed by atoms with van der Waals surface area (Å²) in [5, 5.41) is 0. The zero-order chi connectivity index (χ0) is 9.97. The van der Waals surface area contributed by atoms with Crippen molar-refractivity contribution < 1.29 is 14.3 Å². The van der Waals surface area contributed by atoms with Gasteiger partial charge >= 0.3 is 0 Å². The minimum atomic E-state index is 0.0923. The molecular weight excluding hydrogens is 182 g/mol. The summed E-state index contributed by atoms with van der Waals surface area (Å²) in [7, 11) is 0. The number of carbonyl (C=O) groups excluding carboxylic acids is 2. The summed E-state index contributed by atoms with van der Waals surface area (Å²) in [6.45, 7) is 2.31. The van der Waals surface area contributed by atoms with E-state index in [4.69, 9.17) is 4.74 Å². The van der Waals surface area contributed by atoms with Crippen LogP contribution in [0.3, 0.4) is 0 Å². The van der Waals surface area contributed by atoms with Crippen molar-refractivity contribution in [2.24, 2.45) is 5.92 Å². The maximum absolute atomic E-state index is 11.9. The first-order chi connectivity index (χ1) is 6.77. The van der Waals surface area contributed by atoms with Gasteiger partial charge in [-0.05, 0) is 12.8 Å². The van der Waals surface area contributed by atoms with E-state index in [1.165, 1.54) is 0 Å². The summed E-state index contributed by atoms with van der Waals surface area (Å²) in [5.41, 5.74) is 0. The lowest BCUT2D eigenvalue weighted by molar-refractivity contribution is -0.138. The predicted octanol–water partition coefficient (Wildman–Crippen LogP) is 0.214. The number of rotatable bonds is 1. The van der Waals surface area contributed by atoms with Crippen molar-refractivity contribution in [2.45, 2.75) is 19.3 Å². The fourth-order valence-corrected chi connectivity index (χ4v) is 2.02. The van der Waals surface area contributed by atoms with E-state index in [1.54, 1.807) is 4.90 Å². The maximum Gasteiger partial charge on any atom is 0.226 e. The van der Waals surface area contributed by atoms with Gasteiger partial charge in [0.2, 0.25) is 5.91 Å². The highest BCUT2D eigenvalue weighted by molar-refractivity contribution is 5.90. The van der Waals surface area contributed by atoms with Crippen molar-refractivity contribution in [3.05, 3.63) is 0 Å². The maximum atomic E-state index is 11.9. The Bertz CT molecular complexity index is 246. The number of nitrogens with zero attached hydrogens (tertiary/aromatic N) is 1. The van der Waals surface area contributed by atoms with Crippen molar-refractivity contribution in [2.75, 3.05) is 26.3 Å². The Kier molecular flexibility index (Phi) is 2.82. The first kappa shape index (κ1) is 9.65. The highest BCUT2D eigenvalue weighted by atomic mass is 16.5. The van der Waals surface area contributed by atoms with Crippen LogP contribution in [0.2, 0.25) is 0 Å². The number of ether oxygens (including phenoxy) is 1. The lowest BCUT2D eigenvalue weighted by atomic mass is 9.99. The van der Waals surface area contributed by atoms with Crippen LogP contribution in [0.4, 0.5) is 0 Å². The molecule has 0 aromatic carbocycles. The van der Waals surface area contributed by atoms with Crippen molar-refractivity contribution in [3.63, 3.8) is 0 Å². The molecule has 0 spiro atoms. The van der Waals surface area contributed by atoms with Gasteiger partial charge in [0.1, 0.15) is 0 Å². The zero-order valence-corrected chi connectivity index (χ0v) is 8.20. The highest BCUT2D eigenvalue weighted by Gasteiger charge is 2.30. The van der Waals surface area contributed by atoms with Crippen LogP contribution in [-0.4, -0.2) is 42.9 Å². The zero-order valence-electron chi connectivity index (χ0n) is 8.20. The number of hydrogen-bond acceptors (Lipinski definition) is 3. The van der Waals surface area contributed by atoms with E-state index in [0.717, 1.165) is 12.8 Å². The number of amides is 1. The van der Waals surface area contributed by atoms with Gasteiger partial charge in [-0.3, -0.25) is 9.59 Å². The van der Waals surface area contributed by atoms with Gasteiger partial charge in [-0.2, -0.15) is 0 Å². The van der Waals surface area contributed by atoms with Crippen LogP contribution in [0, 0.1) is 5.92 Å². The number of carbonyl (C=O) groups is 2. The summed E-state index contributed by atoms with van der Waals surface area (Å²) in [5.74, 6) is 0.430. The highest BCUT2D eigenvalue weighted by Crippen LogP contribution is 2.19. The van der Waals surface area contributed by atoms with Gasteiger partial charge in [-0.1, -0.05) is 0 Å². The van der Waals surface area contributed by atoms with E-state index in [2.05, 4.69) is 0 Å². The molecule has 2 rings (SSSR count). The van der Waals surface area contributed by atoms with Crippen LogP contribution in [0.25, 0.3) is 0 Å². The molecule has 0 aromatic rings. The minimum Gasteiger partial charge on any atom is -0.381 e. The SMILES string of the molecule is O=C1CCN(C(=O)C2CCOCC2)C1. The third-order valence-electron chi connectivity index (χ3n) is 2.91. The van der Waals surface area contributed by atoms with Gasteiger partial charge in [0.05, 0.1) is 6.54 Å². The Balaban J connectivity index is 1.90. The van der Waals surface area contributed by atoms with E-state index in [1.807, 2.05) is 0 Å². The van der Waals surface area contributed by atoms with Crippen LogP contribution in [0.5, 0.6) is 0 Å². The third-order valence-corrected chi connectivity index (χ3v) is 2.91. The number of Topliss-reactive ketones (excluding diaryl/α,β-unsaturated/α-hetero) is 1. The third kappa shape index (κ3) is 1.95. The Morgan fingerprint density at radius 2 is 2.07 bits per heavy atom. The Labute approximate surface area is 83.2 Å². The van der Waals surface area contributed by atoms with Crippen LogP contribution >= 0.6 is 0 Å². The number of likely N-dealkylation sites (tertiary alicyclic amines) is 1. The Morgan fingerprint density at radius 1 is 1.36 bits per heavy atom. The fraction of sp³-hybridized carbons (Fsp3) is 0.800. The van der Waals surface area contributed by atoms with E-state index in [0.29, 0.717) is 32.7 Å². The van der Waals surface area contributed by atoms with E-state index in [-0.39, 0.29) is 17.6 Å². The second-order valence-electron chi connectivity index (χ2n) is 3.94. The molecule has 0 unspecified atom stereocenters. The molecule has 78 valence electrons. The standard InChI is InChI=1S/C10H15NO3/c12-9-1-4-11(7-9)10(13)8-2-5-14-6-3-8/h8H,1-7H2. The molecule has 0 aliphatic carbocycles. The second-order valence-corrected chi connectivity index (χ2v) is 3.94. The van der Waals surface area contributed by atoms with Crippen LogP contribution in [-0.2, 0) is 14.3 Å². The Hall–Kier alpha value is -0.900. The molecule has 2 heterocycles. The summed E-state index contributed by atoms with van der Waals surface area (Å²) in [4.78, 5) is 24.6. The van der Waals surface area contributed by atoms with Gasteiger partial charge in [-0.15, -0.1) is 0 Å². The summed E-state index contributed by atoms with van der Waals surface area (Å²) >= 11 is 0. The first-order valence-corrected chi connectivity index (χ1v) is 5.15. The van der Waals surface area contributed by atoms with E-state index < -0.39 is 0 Å². The van der Waals surface area contributed by atoms with Gasteiger partial charge < -0.3 is 9.64 Å². The largest absolute Gasteiger partial charge is 0.381 e. The van der Waals surface area contributed by atoms with Gasteiger partial charge in [0.25, 0.3) is 0 Å². The average Bonchev–Trinajstić information content (AvgIpc) is 2.65. The average molecular weight is 197 g/mol. The summed E-state index contributed by atoms with van der Waals surface area (Å²) in [6, 6.07) is 0. The first-order valence-electron chi connectivity index (χ1n) is 5.15. The fourth-order valence-electron chi connectivity index (χ4n) is 2.02. The molecule has 0 radical (unpaired) electrons. The number of ketones is 1. The number of hydrogen-bond donors (Lipinski definition) is 0. The predicted molar refractivity (Wildman–Crippen MR) is 49.7 cm³/mol. The quantitative estimate of drug-likeness (QED) is 0.604. The molecule has 2 saturated heterocycles. The molecule has 0 N–H and O–H groups in total. The van der Waals surface area contributed by atoms with E-state index in [9.17, 15) is 9.59 Å². The molecule has 0 bridgehead atoms. The van der Waals surface area contributed by atoms with Crippen LogP contribution < -0.4 is 0 Å². The van der Waals surface area contributed by atoms with Crippen LogP contribution in [0.15, 0.2) is 0 Å². The molecule has 4 heteroatoms. The molecule has 0 aromatic heterocycles. The summed E-state index contributed by atoms with van der Waals surface area (Å²) in [6.07, 6.45) is 2.15. The molecule has 2 fully saturated rings. The monoisotopic (exact) mass is 197 g/mol. The summed E-state index contributed by atoms with van der Waals surface area (Å²) < 4.78 is 5.20. The molecule has 0 atom stereocenters. The van der Waals surface area contributed by atoms with Crippen molar-refractivity contribution in [1.29, 1.82) is 0 Å². The molecule has 4 nitrogen and oxygen atoms in total. The molecular formula is C10H15NO3. The van der Waals surface area contributed by atoms with Gasteiger partial charge in [0.15, 0.2) is 5.78 Å². The van der Waals surface area contributed by atoms with Crippen LogP contribution in [0.1, 0.15) is 19.3 Å². The molecule has 2 aliphatic heterocycles. The van der Waals surface area contributed by atoms with Crippen molar-refractivity contribution >= 4 is 11.7 Å². The Morgan fingerprint density at radius 3 is 2.64 bits per heavy atom. The van der Waals surface area contributed by atoms with Crippen molar-refractivity contribution in [1.82, 2.24) is 4.90 Å². The lowest BCUT2D eigenvalue weighted by Crippen LogP contribution is -2.37. The molecule has 14 heavy (non-hydrogen) atoms. The smallest absolute Gasteiger partial charge is 0.226 e. The van der Waals surface area contributed by atoms with Gasteiger partial charge in [-0.25, -0.2) is 0 Å². The normalized spacial score (nSPS) is 24.3. The lowest BCUT2D eigenvalue weighted by Gasteiger charge is -2.25. The molecule has 1 amide bonds. The molecule has 0 saturated carbocycles. The minimum absolute atomic E-state index is 0.0923. The second kappa shape index (κ2) is 4.09. The van der Waals surface area contributed by atoms with Gasteiger partial charge in [0, 0.05) is 32.1 Å². The molecule has 2 aliphatic rings. The topological polar surface area (TPSA) is 46.6 Å².